The van der Waals surface area contributed by atoms with E-state index in [1.807, 2.05) is 48.5 Å². The molecule has 0 N–H and O–H groups in total. The first-order valence-electron chi connectivity index (χ1n) is 14.2. The van der Waals surface area contributed by atoms with Crippen LogP contribution in [0.3, 0.4) is 0 Å². The van der Waals surface area contributed by atoms with Crippen molar-refractivity contribution in [2.45, 2.75) is 75.8 Å². The van der Waals surface area contributed by atoms with Crippen LogP contribution in [0.1, 0.15) is 73.2 Å². The fraction of sp³-hybridized carbons (Fsp3) is 0.581. The third-order valence-electron chi connectivity index (χ3n) is 7.43. The van der Waals surface area contributed by atoms with Crippen LogP contribution in [0.15, 0.2) is 48.5 Å². The standard InChI is InChI=1S/C31H40O7/c32-31(24-10-14-26(15-11-24)38-28-6-4-18-34-22-28)29(16-20-36-30-7-1-2-19-35-30)23-8-12-25(13-9-23)37-27-5-3-17-33-21-27/h8-15,27-30H,1-7,16-22H2. The molecule has 3 saturated heterocycles. The summed E-state index contributed by atoms with van der Waals surface area (Å²) in [6.45, 7) is 4.04. The lowest BCUT2D eigenvalue weighted by Crippen LogP contribution is -2.28. The van der Waals surface area contributed by atoms with Crippen molar-refractivity contribution in [3.8, 4) is 11.5 Å². The highest BCUT2D eigenvalue weighted by molar-refractivity contribution is 6.01. The summed E-state index contributed by atoms with van der Waals surface area (Å²) < 4.78 is 34.9. The zero-order valence-corrected chi connectivity index (χ0v) is 22.2. The second kappa shape index (κ2) is 14.1. The third kappa shape index (κ3) is 7.79. The summed E-state index contributed by atoms with van der Waals surface area (Å²) >= 11 is 0. The Morgan fingerprint density at radius 3 is 1.95 bits per heavy atom. The molecule has 0 spiro atoms. The molecular weight excluding hydrogens is 484 g/mol. The van der Waals surface area contributed by atoms with Crippen molar-refractivity contribution in [3.05, 3.63) is 59.7 Å². The van der Waals surface area contributed by atoms with Crippen LogP contribution in [0, 0.1) is 0 Å². The van der Waals surface area contributed by atoms with Crippen molar-refractivity contribution < 1.29 is 33.2 Å². The van der Waals surface area contributed by atoms with Gasteiger partial charge in [0, 0.05) is 31.3 Å². The number of Topliss-reactive ketones (excluding diaryl/α,β-unsaturated/α-hetero) is 1. The first-order valence-corrected chi connectivity index (χ1v) is 14.2. The van der Waals surface area contributed by atoms with Gasteiger partial charge in [-0.1, -0.05) is 12.1 Å². The van der Waals surface area contributed by atoms with E-state index in [0.717, 1.165) is 81.8 Å². The van der Waals surface area contributed by atoms with Gasteiger partial charge in [0.15, 0.2) is 12.1 Å². The van der Waals surface area contributed by atoms with E-state index in [4.69, 9.17) is 28.4 Å². The van der Waals surface area contributed by atoms with Gasteiger partial charge in [0.05, 0.1) is 19.8 Å². The second-order valence-electron chi connectivity index (χ2n) is 10.4. The minimum Gasteiger partial charge on any atom is -0.488 e. The van der Waals surface area contributed by atoms with Gasteiger partial charge >= 0.3 is 0 Å². The Hall–Kier alpha value is -2.45. The van der Waals surface area contributed by atoms with E-state index in [1.54, 1.807) is 0 Å². The number of hydrogen-bond donors (Lipinski definition) is 0. The van der Waals surface area contributed by atoms with Gasteiger partial charge in [0.25, 0.3) is 0 Å². The summed E-state index contributed by atoms with van der Waals surface area (Å²) in [6, 6.07) is 15.4. The summed E-state index contributed by atoms with van der Waals surface area (Å²) in [5, 5.41) is 0. The minimum absolute atomic E-state index is 0.0677. The maximum absolute atomic E-state index is 13.7. The molecule has 4 unspecified atom stereocenters. The van der Waals surface area contributed by atoms with E-state index in [2.05, 4.69) is 0 Å². The average Bonchev–Trinajstić information content (AvgIpc) is 2.98. The first-order chi connectivity index (χ1) is 18.7. The van der Waals surface area contributed by atoms with E-state index in [9.17, 15) is 4.79 Å². The molecule has 0 aromatic heterocycles. The SMILES string of the molecule is O=C(c1ccc(OC2CCCOC2)cc1)C(CCOC1CCCCO1)c1ccc(OC2CCCOC2)cc1. The summed E-state index contributed by atoms with van der Waals surface area (Å²) in [5.74, 6) is 1.30. The van der Waals surface area contributed by atoms with E-state index in [0.29, 0.717) is 31.8 Å². The zero-order chi connectivity index (χ0) is 26.0. The van der Waals surface area contributed by atoms with E-state index in [1.165, 1.54) is 0 Å². The second-order valence-corrected chi connectivity index (χ2v) is 10.4. The lowest BCUT2D eigenvalue weighted by molar-refractivity contribution is -0.162. The molecule has 3 fully saturated rings. The fourth-order valence-electron chi connectivity index (χ4n) is 5.28. The minimum atomic E-state index is -0.329. The molecule has 0 radical (unpaired) electrons. The van der Waals surface area contributed by atoms with Crippen molar-refractivity contribution >= 4 is 5.78 Å². The van der Waals surface area contributed by atoms with Crippen LogP contribution in [0.4, 0.5) is 0 Å². The van der Waals surface area contributed by atoms with Crippen LogP contribution in [0.25, 0.3) is 0 Å². The lowest BCUT2D eigenvalue weighted by Gasteiger charge is -2.25. The van der Waals surface area contributed by atoms with Crippen LogP contribution in [0.5, 0.6) is 11.5 Å². The predicted molar refractivity (Wildman–Crippen MR) is 143 cm³/mol. The summed E-state index contributed by atoms with van der Waals surface area (Å²) in [5.41, 5.74) is 1.62. The number of hydrogen-bond acceptors (Lipinski definition) is 7. The van der Waals surface area contributed by atoms with E-state index < -0.39 is 0 Å². The van der Waals surface area contributed by atoms with Gasteiger partial charge < -0.3 is 28.4 Å². The van der Waals surface area contributed by atoms with E-state index in [-0.39, 0.29) is 30.2 Å². The zero-order valence-electron chi connectivity index (χ0n) is 22.2. The normalized spacial score (nSPS) is 24.9. The van der Waals surface area contributed by atoms with Crippen LogP contribution in [-0.4, -0.2) is 63.9 Å². The molecule has 3 heterocycles. The summed E-state index contributed by atoms with van der Waals surface area (Å²) in [7, 11) is 0. The Kier molecular flexibility index (Phi) is 10.1. The molecule has 7 nitrogen and oxygen atoms in total. The topological polar surface area (TPSA) is 72.5 Å². The van der Waals surface area contributed by atoms with Crippen LogP contribution in [0.2, 0.25) is 0 Å². The number of rotatable bonds is 11. The number of ketones is 1. The van der Waals surface area contributed by atoms with Gasteiger partial charge in [-0.05, 0) is 93.3 Å². The largest absolute Gasteiger partial charge is 0.488 e. The molecule has 0 aliphatic carbocycles. The van der Waals surface area contributed by atoms with Gasteiger partial charge in [-0.15, -0.1) is 0 Å². The molecule has 2 aromatic carbocycles. The molecule has 2 aromatic rings. The van der Waals surface area contributed by atoms with Gasteiger partial charge in [-0.25, -0.2) is 0 Å². The molecule has 206 valence electrons. The van der Waals surface area contributed by atoms with Crippen LogP contribution in [-0.2, 0) is 18.9 Å². The highest BCUT2D eigenvalue weighted by Crippen LogP contribution is 2.29. The maximum atomic E-state index is 13.7. The quantitative estimate of drug-likeness (QED) is 0.349. The summed E-state index contributed by atoms with van der Waals surface area (Å²) in [4.78, 5) is 13.7. The van der Waals surface area contributed by atoms with Gasteiger partial charge in [0.1, 0.15) is 23.7 Å². The molecule has 0 bridgehead atoms. The molecule has 3 aliphatic heterocycles. The Morgan fingerprint density at radius 1 is 0.763 bits per heavy atom. The van der Waals surface area contributed by atoms with E-state index >= 15 is 0 Å². The maximum Gasteiger partial charge on any atom is 0.170 e. The summed E-state index contributed by atoms with van der Waals surface area (Å²) in [6.07, 6.45) is 7.66. The molecule has 5 rings (SSSR count). The van der Waals surface area contributed by atoms with Gasteiger partial charge in [0.2, 0.25) is 0 Å². The van der Waals surface area contributed by atoms with Gasteiger partial charge in [-0.3, -0.25) is 4.79 Å². The van der Waals surface area contributed by atoms with Crippen molar-refractivity contribution in [3.63, 3.8) is 0 Å². The number of carbonyl (C=O) groups excluding carboxylic acids is 1. The number of carbonyl (C=O) groups is 1. The molecule has 38 heavy (non-hydrogen) atoms. The van der Waals surface area contributed by atoms with Crippen LogP contribution < -0.4 is 9.47 Å². The fourth-order valence-corrected chi connectivity index (χ4v) is 5.28. The van der Waals surface area contributed by atoms with Crippen molar-refractivity contribution in [2.24, 2.45) is 0 Å². The van der Waals surface area contributed by atoms with Crippen molar-refractivity contribution in [2.75, 3.05) is 39.6 Å². The number of ether oxygens (including phenoxy) is 6. The Balaban J connectivity index is 1.25. The molecule has 0 saturated carbocycles. The first kappa shape index (κ1) is 27.1. The third-order valence-corrected chi connectivity index (χ3v) is 7.43. The molecule has 4 atom stereocenters. The highest BCUT2D eigenvalue weighted by atomic mass is 16.7. The molecule has 0 amide bonds. The Morgan fingerprint density at radius 2 is 1.39 bits per heavy atom. The van der Waals surface area contributed by atoms with Crippen molar-refractivity contribution in [1.82, 2.24) is 0 Å². The lowest BCUT2D eigenvalue weighted by atomic mass is 9.88. The monoisotopic (exact) mass is 524 g/mol. The number of benzene rings is 2. The predicted octanol–water partition coefficient (Wildman–Crippen LogP) is 5.70. The molecular formula is C31H40O7. The smallest absolute Gasteiger partial charge is 0.170 e. The highest BCUT2D eigenvalue weighted by Gasteiger charge is 2.24. The molecule has 3 aliphatic rings. The Bertz CT molecular complexity index is 972. The molecule has 7 heteroatoms. The van der Waals surface area contributed by atoms with Gasteiger partial charge in [-0.2, -0.15) is 0 Å². The Labute approximate surface area is 225 Å². The average molecular weight is 525 g/mol. The van der Waals surface area contributed by atoms with Crippen LogP contribution >= 0.6 is 0 Å². The van der Waals surface area contributed by atoms with Crippen molar-refractivity contribution in [1.29, 1.82) is 0 Å².